The Labute approximate surface area is 105 Å². The molecule has 0 amide bonds. The van der Waals surface area contributed by atoms with Gasteiger partial charge in [0.15, 0.2) is 11.5 Å². The molecule has 3 rings (SSSR count). The first-order valence-electron chi connectivity index (χ1n) is 6.17. The van der Waals surface area contributed by atoms with Crippen LogP contribution in [0.3, 0.4) is 0 Å². The highest BCUT2D eigenvalue weighted by atomic mass is 16.5. The number of hydrogen-bond acceptors (Lipinski definition) is 4. The molecule has 96 valence electrons. The van der Waals surface area contributed by atoms with Gasteiger partial charge in [-0.05, 0) is 25.8 Å². The average Bonchev–Trinajstić information content (AvgIpc) is 2.62. The highest BCUT2D eigenvalue weighted by Crippen LogP contribution is 2.60. The Morgan fingerprint density at radius 1 is 1.11 bits per heavy atom. The van der Waals surface area contributed by atoms with Crippen LogP contribution in [0, 0.1) is 5.41 Å². The summed E-state index contributed by atoms with van der Waals surface area (Å²) in [6, 6.07) is 2.85. The molecule has 4 nitrogen and oxygen atoms in total. The van der Waals surface area contributed by atoms with Gasteiger partial charge in [-0.25, -0.2) is 0 Å². The summed E-state index contributed by atoms with van der Waals surface area (Å²) in [4.78, 5) is 12.2. The smallest absolute Gasteiger partial charge is 0.318 e. The summed E-state index contributed by atoms with van der Waals surface area (Å²) in [5.41, 5.74) is -0.0518. The average molecular weight is 248 g/mol. The molecule has 1 fully saturated rings. The van der Waals surface area contributed by atoms with E-state index in [1.807, 2.05) is 13.8 Å². The lowest BCUT2D eigenvalue weighted by Crippen LogP contribution is -2.48. The van der Waals surface area contributed by atoms with Crippen molar-refractivity contribution in [2.45, 2.75) is 38.5 Å². The van der Waals surface area contributed by atoms with Gasteiger partial charge in [-0.15, -0.1) is 0 Å². The number of phenolic OH excluding ortho intramolecular Hbond substituents is 2. The number of rotatable bonds is 0. The predicted octanol–water partition coefficient (Wildman–Crippen LogP) is 2.46. The van der Waals surface area contributed by atoms with Crippen LogP contribution in [0.4, 0.5) is 0 Å². The Kier molecular flexibility index (Phi) is 2.02. The fourth-order valence-corrected chi connectivity index (χ4v) is 3.39. The summed E-state index contributed by atoms with van der Waals surface area (Å²) >= 11 is 0. The van der Waals surface area contributed by atoms with E-state index in [2.05, 4.69) is 0 Å². The lowest BCUT2D eigenvalue weighted by molar-refractivity contribution is -0.150. The number of hydrogen-bond donors (Lipinski definition) is 2. The maximum absolute atomic E-state index is 12.2. The van der Waals surface area contributed by atoms with Crippen molar-refractivity contribution in [2.75, 3.05) is 0 Å². The van der Waals surface area contributed by atoms with Crippen molar-refractivity contribution in [1.82, 2.24) is 0 Å². The molecule has 0 spiro atoms. The number of carbonyl (C=O) groups is 1. The van der Waals surface area contributed by atoms with Crippen molar-refractivity contribution in [3.8, 4) is 17.2 Å². The van der Waals surface area contributed by atoms with Crippen molar-refractivity contribution in [3.63, 3.8) is 0 Å². The number of benzene rings is 1. The molecule has 1 aliphatic carbocycles. The molecule has 1 saturated carbocycles. The predicted molar refractivity (Wildman–Crippen MR) is 64.7 cm³/mol. The van der Waals surface area contributed by atoms with E-state index in [1.165, 1.54) is 12.1 Å². The Hall–Kier alpha value is -1.71. The van der Waals surface area contributed by atoms with Crippen molar-refractivity contribution >= 4 is 5.97 Å². The highest BCUT2D eigenvalue weighted by molar-refractivity contribution is 5.85. The third kappa shape index (κ3) is 1.13. The minimum absolute atomic E-state index is 0.165. The molecule has 1 aromatic rings. The molecule has 0 radical (unpaired) electrons. The Morgan fingerprint density at radius 3 is 2.44 bits per heavy atom. The number of aromatic hydroxyl groups is 2. The summed E-state index contributed by atoms with van der Waals surface area (Å²) in [5, 5.41) is 19.2. The number of ether oxygens (including phenoxy) is 1. The number of carbonyl (C=O) groups excluding carboxylic acids is 1. The van der Waals surface area contributed by atoms with E-state index in [0.29, 0.717) is 5.75 Å². The first-order valence-corrected chi connectivity index (χ1v) is 6.17. The molecule has 18 heavy (non-hydrogen) atoms. The largest absolute Gasteiger partial charge is 0.504 e. The number of fused-ring (bicyclic) bond motifs is 3. The van der Waals surface area contributed by atoms with Crippen LogP contribution in [0.25, 0.3) is 0 Å². The molecule has 2 atom stereocenters. The first-order chi connectivity index (χ1) is 8.38. The number of esters is 1. The maximum Gasteiger partial charge on any atom is 0.318 e. The zero-order valence-corrected chi connectivity index (χ0v) is 10.5. The second-order valence-electron chi connectivity index (χ2n) is 5.74. The monoisotopic (exact) mass is 248 g/mol. The van der Waals surface area contributed by atoms with Crippen molar-refractivity contribution in [1.29, 1.82) is 0 Å². The van der Waals surface area contributed by atoms with Gasteiger partial charge in [0.25, 0.3) is 0 Å². The van der Waals surface area contributed by atoms with Gasteiger partial charge < -0.3 is 14.9 Å². The summed E-state index contributed by atoms with van der Waals surface area (Å²) < 4.78 is 5.34. The molecule has 1 aliphatic heterocycles. The van der Waals surface area contributed by atoms with Gasteiger partial charge >= 0.3 is 5.97 Å². The molecule has 0 bridgehead atoms. The van der Waals surface area contributed by atoms with Crippen molar-refractivity contribution in [3.05, 3.63) is 17.7 Å². The van der Waals surface area contributed by atoms with Gasteiger partial charge in [0, 0.05) is 17.0 Å². The van der Waals surface area contributed by atoms with Gasteiger partial charge in [-0.1, -0.05) is 13.3 Å². The second-order valence-corrected chi connectivity index (χ2v) is 5.74. The number of phenols is 2. The van der Waals surface area contributed by atoms with E-state index in [1.54, 1.807) is 0 Å². The SMILES string of the molecule is C[C@]12CCC[C@]1(C)c1cc(O)c(O)cc1OC2=O. The van der Waals surface area contributed by atoms with E-state index in [0.717, 1.165) is 24.8 Å². The third-order valence-corrected chi connectivity index (χ3v) is 4.90. The van der Waals surface area contributed by atoms with Crippen molar-refractivity contribution in [2.24, 2.45) is 5.41 Å². The minimum atomic E-state index is -0.538. The topological polar surface area (TPSA) is 66.8 Å². The standard InChI is InChI=1S/C14H16O4/c1-13-4-3-5-14(13,2)12(17)18-11-7-10(16)9(15)6-8(11)13/h6-7,15-16H,3-5H2,1-2H3/t13-,14-/m1/s1. The van der Waals surface area contributed by atoms with Crippen LogP contribution in [-0.4, -0.2) is 16.2 Å². The Morgan fingerprint density at radius 2 is 1.72 bits per heavy atom. The summed E-state index contributed by atoms with van der Waals surface area (Å²) in [5.74, 6) is -0.286. The lowest BCUT2D eigenvalue weighted by Gasteiger charge is -2.43. The van der Waals surface area contributed by atoms with Gasteiger partial charge in [0.1, 0.15) is 5.75 Å². The van der Waals surface area contributed by atoms with Gasteiger partial charge in [0.05, 0.1) is 5.41 Å². The lowest BCUT2D eigenvalue weighted by atomic mass is 9.62. The molecule has 0 unspecified atom stereocenters. The second kappa shape index (κ2) is 3.19. The van der Waals surface area contributed by atoms with Crippen LogP contribution in [0.5, 0.6) is 17.2 Å². The molecule has 1 aromatic carbocycles. The maximum atomic E-state index is 12.2. The third-order valence-electron chi connectivity index (χ3n) is 4.90. The van der Waals surface area contributed by atoms with E-state index >= 15 is 0 Å². The summed E-state index contributed by atoms with van der Waals surface area (Å²) in [7, 11) is 0. The molecule has 4 heteroatoms. The quantitative estimate of drug-likeness (QED) is 0.420. The molecular weight excluding hydrogens is 232 g/mol. The normalized spacial score (nSPS) is 33.8. The summed E-state index contributed by atoms with van der Waals surface area (Å²) in [6.07, 6.45) is 2.64. The fraction of sp³-hybridized carbons (Fsp3) is 0.500. The summed E-state index contributed by atoms with van der Waals surface area (Å²) in [6.45, 7) is 3.96. The zero-order valence-electron chi connectivity index (χ0n) is 10.5. The fourth-order valence-electron chi connectivity index (χ4n) is 3.39. The molecule has 2 aliphatic rings. The molecule has 2 N–H and O–H groups in total. The van der Waals surface area contributed by atoms with Crippen molar-refractivity contribution < 1.29 is 19.7 Å². The molecule has 0 saturated heterocycles. The van der Waals surface area contributed by atoms with E-state index in [-0.39, 0.29) is 22.9 Å². The minimum Gasteiger partial charge on any atom is -0.504 e. The van der Waals surface area contributed by atoms with Crippen LogP contribution < -0.4 is 4.74 Å². The van der Waals surface area contributed by atoms with Crippen LogP contribution in [0.2, 0.25) is 0 Å². The van der Waals surface area contributed by atoms with Crippen LogP contribution >= 0.6 is 0 Å². The van der Waals surface area contributed by atoms with Crippen LogP contribution in [-0.2, 0) is 10.2 Å². The Balaban J connectivity index is 2.28. The van der Waals surface area contributed by atoms with E-state index in [4.69, 9.17) is 4.74 Å². The first kappa shape index (κ1) is 11.4. The van der Waals surface area contributed by atoms with Crippen LogP contribution in [0.1, 0.15) is 38.7 Å². The molecule has 0 aromatic heterocycles. The van der Waals surface area contributed by atoms with E-state index in [9.17, 15) is 15.0 Å². The van der Waals surface area contributed by atoms with E-state index < -0.39 is 5.41 Å². The van der Waals surface area contributed by atoms with Gasteiger partial charge in [0.2, 0.25) is 0 Å². The van der Waals surface area contributed by atoms with Gasteiger partial charge in [-0.2, -0.15) is 0 Å². The molecule has 1 heterocycles. The molecular formula is C14H16O4. The van der Waals surface area contributed by atoms with Gasteiger partial charge in [-0.3, -0.25) is 4.79 Å². The zero-order chi connectivity index (χ0) is 13.1. The Bertz CT molecular complexity index is 551. The van der Waals surface area contributed by atoms with Crippen LogP contribution in [0.15, 0.2) is 12.1 Å². The highest BCUT2D eigenvalue weighted by Gasteiger charge is 2.59.